The predicted octanol–water partition coefficient (Wildman–Crippen LogP) is 3.12. The van der Waals surface area contributed by atoms with E-state index in [1.165, 1.54) is 60.8 Å². The second-order valence-electron chi connectivity index (χ2n) is 5.47. The number of thiazole rings is 1. The second-order valence-corrected chi connectivity index (χ2v) is 6.47. The van der Waals surface area contributed by atoms with E-state index in [1.807, 2.05) is 11.3 Å². The number of hydrogen-bond donors (Lipinski definition) is 1. The normalized spacial score (nSPS) is 22.9. The molecule has 0 aromatic carbocycles. The van der Waals surface area contributed by atoms with Crippen molar-refractivity contribution in [1.82, 2.24) is 10.3 Å². The van der Waals surface area contributed by atoms with E-state index in [4.69, 9.17) is 4.98 Å². The van der Waals surface area contributed by atoms with Crippen molar-refractivity contribution in [3.63, 3.8) is 0 Å². The fourth-order valence-electron chi connectivity index (χ4n) is 2.87. The van der Waals surface area contributed by atoms with Gasteiger partial charge in [-0.05, 0) is 45.6 Å². The van der Waals surface area contributed by atoms with Crippen molar-refractivity contribution in [3.05, 3.63) is 10.6 Å². The molecule has 0 amide bonds. The van der Waals surface area contributed by atoms with Gasteiger partial charge in [-0.15, -0.1) is 0 Å². The van der Waals surface area contributed by atoms with Gasteiger partial charge in [-0.2, -0.15) is 0 Å². The highest BCUT2D eigenvalue weighted by Crippen LogP contribution is 2.40. The van der Waals surface area contributed by atoms with Crippen LogP contribution in [0.1, 0.15) is 55.6 Å². The quantitative estimate of drug-likeness (QED) is 0.886. The van der Waals surface area contributed by atoms with Crippen LogP contribution < -0.4 is 10.2 Å². The van der Waals surface area contributed by atoms with Gasteiger partial charge in [-0.25, -0.2) is 4.98 Å². The molecule has 1 unspecified atom stereocenters. The van der Waals surface area contributed by atoms with Gasteiger partial charge in [0.2, 0.25) is 0 Å². The third-order valence-electron chi connectivity index (χ3n) is 3.99. The van der Waals surface area contributed by atoms with E-state index in [0.29, 0.717) is 6.04 Å². The molecule has 2 aliphatic carbocycles. The molecule has 2 aliphatic rings. The summed E-state index contributed by atoms with van der Waals surface area (Å²) < 4.78 is 0. The van der Waals surface area contributed by atoms with Crippen molar-refractivity contribution >= 4 is 16.5 Å². The largest absolute Gasteiger partial charge is 0.345 e. The Balaban J connectivity index is 1.86. The zero-order chi connectivity index (χ0) is 12.5. The molecule has 4 heteroatoms. The average Bonchev–Trinajstić information content (AvgIpc) is 3.13. The number of aryl methyl sites for hydroxylation is 1. The molecule has 1 atom stereocenters. The van der Waals surface area contributed by atoms with E-state index < -0.39 is 0 Å². The molecule has 0 saturated heterocycles. The summed E-state index contributed by atoms with van der Waals surface area (Å²) in [6.45, 7) is 3.43. The van der Waals surface area contributed by atoms with Crippen LogP contribution in [0.3, 0.4) is 0 Å². The van der Waals surface area contributed by atoms with Crippen LogP contribution >= 0.6 is 11.3 Å². The Bertz CT molecular complexity index is 411. The van der Waals surface area contributed by atoms with Crippen LogP contribution in [0.5, 0.6) is 0 Å². The molecule has 1 fully saturated rings. The van der Waals surface area contributed by atoms with E-state index in [-0.39, 0.29) is 0 Å². The van der Waals surface area contributed by atoms with Crippen molar-refractivity contribution in [1.29, 1.82) is 0 Å². The first-order valence-electron chi connectivity index (χ1n) is 7.27. The highest BCUT2D eigenvalue weighted by atomic mass is 32.1. The molecule has 18 heavy (non-hydrogen) atoms. The smallest absolute Gasteiger partial charge is 0.186 e. The lowest BCUT2D eigenvalue weighted by atomic mass is 9.98. The van der Waals surface area contributed by atoms with Gasteiger partial charge in [-0.3, -0.25) is 0 Å². The minimum Gasteiger partial charge on any atom is -0.345 e. The molecule has 1 N–H and O–H groups in total. The molecule has 0 aliphatic heterocycles. The van der Waals surface area contributed by atoms with Crippen LogP contribution in [0.25, 0.3) is 0 Å². The molecular formula is C14H23N3S. The van der Waals surface area contributed by atoms with Crippen LogP contribution in [0.4, 0.5) is 5.13 Å². The van der Waals surface area contributed by atoms with Gasteiger partial charge in [0, 0.05) is 23.5 Å². The molecule has 1 heterocycles. The SMILES string of the molecule is CCCN(c1nc2c(s1)C(NC)CCC2)C1CC1. The third kappa shape index (κ3) is 2.28. The number of rotatable bonds is 5. The van der Waals surface area contributed by atoms with E-state index >= 15 is 0 Å². The van der Waals surface area contributed by atoms with Crippen molar-refractivity contribution in [2.75, 3.05) is 18.5 Å². The maximum absolute atomic E-state index is 4.93. The van der Waals surface area contributed by atoms with Crippen LogP contribution in [0.2, 0.25) is 0 Å². The lowest BCUT2D eigenvalue weighted by Crippen LogP contribution is -2.26. The van der Waals surface area contributed by atoms with Crippen molar-refractivity contribution in [2.45, 2.75) is 57.5 Å². The van der Waals surface area contributed by atoms with Gasteiger partial charge >= 0.3 is 0 Å². The summed E-state index contributed by atoms with van der Waals surface area (Å²) in [6.07, 6.45) is 7.66. The van der Waals surface area contributed by atoms with Crippen molar-refractivity contribution in [2.24, 2.45) is 0 Å². The lowest BCUT2D eigenvalue weighted by molar-refractivity contribution is 0.501. The highest BCUT2D eigenvalue weighted by Gasteiger charge is 2.32. The predicted molar refractivity (Wildman–Crippen MR) is 77.5 cm³/mol. The van der Waals surface area contributed by atoms with Gasteiger partial charge in [0.25, 0.3) is 0 Å². The molecule has 0 bridgehead atoms. The minimum atomic E-state index is 0.544. The maximum atomic E-state index is 4.93. The van der Waals surface area contributed by atoms with Crippen LogP contribution in [-0.4, -0.2) is 24.6 Å². The average molecular weight is 265 g/mol. The fraction of sp³-hybridized carbons (Fsp3) is 0.786. The molecule has 1 aromatic heterocycles. The molecule has 100 valence electrons. The minimum absolute atomic E-state index is 0.544. The monoisotopic (exact) mass is 265 g/mol. The standard InChI is InChI=1S/C14H23N3S/c1-3-9-17(10-7-8-10)14-16-12-6-4-5-11(15-2)13(12)18-14/h10-11,15H,3-9H2,1-2H3. The number of fused-ring (bicyclic) bond motifs is 1. The summed E-state index contributed by atoms with van der Waals surface area (Å²) in [5.74, 6) is 0. The number of nitrogens with one attached hydrogen (secondary N) is 1. The van der Waals surface area contributed by atoms with Crippen molar-refractivity contribution < 1.29 is 0 Å². The highest BCUT2D eigenvalue weighted by molar-refractivity contribution is 7.15. The first-order valence-corrected chi connectivity index (χ1v) is 8.08. The summed E-state index contributed by atoms with van der Waals surface area (Å²) in [5.41, 5.74) is 1.36. The summed E-state index contributed by atoms with van der Waals surface area (Å²) in [5, 5.41) is 4.72. The summed E-state index contributed by atoms with van der Waals surface area (Å²) in [6, 6.07) is 1.33. The van der Waals surface area contributed by atoms with Gasteiger partial charge in [0.1, 0.15) is 0 Å². The molecule has 0 spiro atoms. The number of nitrogens with zero attached hydrogens (tertiary/aromatic N) is 2. The van der Waals surface area contributed by atoms with E-state index in [0.717, 1.165) is 6.04 Å². The Morgan fingerprint density at radius 2 is 2.22 bits per heavy atom. The number of anilines is 1. The zero-order valence-electron chi connectivity index (χ0n) is 11.4. The Kier molecular flexibility index (Phi) is 3.57. The van der Waals surface area contributed by atoms with Gasteiger partial charge in [0.05, 0.1) is 5.69 Å². The number of aromatic nitrogens is 1. The van der Waals surface area contributed by atoms with Crippen LogP contribution in [0, 0.1) is 0 Å². The molecule has 3 rings (SSSR count). The van der Waals surface area contributed by atoms with E-state index in [2.05, 4.69) is 24.2 Å². The molecule has 1 aromatic rings. The molecular weight excluding hydrogens is 242 g/mol. The zero-order valence-corrected chi connectivity index (χ0v) is 12.2. The molecule has 0 radical (unpaired) electrons. The Morgan fingerprint density at radius 3 is 2.89 bits per heavy atom. The summed E-state index contributed by atoms with van der Waals surface area (Å²) >= 11 is 1.94. The lowest BCUT2D eigenvalue weighted by Gasteiger charge is -2.20. The second kappa shape index (κ2) is 5.17. The van der Waals surface area contributed by atoms with Crippen LogP contribution in [-0.2, 0) is 6.42 Å². The molecule has 1 saturated carbocycles. The first-order chi connectivity index (χ1) is 8.83. The summed E-state index contributed by atoms with van der Waals surface area (Å²) in [7, 11) is 2.07. The fourth-order valence-corrected chi connectivity index (χ4v) is 4.22. The third-order valence-corrected chi connectivity index (χ3v) is 5.23. The van der Waals surface area contributed by atoms with E-state index in [1.54, 1.807) is 0 Å². The summed E-state index contributed by atoms with van der Waals surface area (Å²) in [4.78, 5) is 8.99. The Labute approximate surface area is 114 Å². The van der Waals surface area contributed by atoms with Crippen LogP contribution in [0.15, 0.2) is 0 Å². The Morgan fingerprint density at radius 1 is 1.39 bits per heavy atom. The topological polar surface area (TPSA) is 28.2 Å². The Hall–Kier alpha value is -0.610. The number of hydrogen-bond acceptors (Lipinski definition) is 4. The van der Waals surface area contributed by atoms with Gasteiger partial charge in [-0.1, -0.05) is 18.3 Å². The molecule has 3 nitrogen and oxygen atoms in total. The maximum Gasteiger partial charge on any atom is 0.186 e. The van der Waals surface area contributed by atoms with E-state index in [9.17, 15) is 0 Å². The first kappa shape index (κ1) is 12.4. The van der Waals surface area contributed by atoms with Gasteiger partial charge in [0.15, 0.2) is 5.13 Å². The van der Waals surface area contributed by atoms with Crippen molar-refractivity contribution in [3.8, 4) is 0 Å². The van der Waals surface area contributed by atoms with Gasteiger partial charge < -0.3 is 10.2 Å².